The number of carbonyl (C=O) groups excluding carboxylic acids is 3. The number of ether oxygens (including phenoxy) is 2. The van der Waals surface area contributed by atoms with Gasteiger partial charge in [-0.2, -0.15) is 0 Å². The Kier molecular flexibility index (Phi) is 20.4. The van der Waals surface area contributed by atoms with Crippen molar-refractivity contribution < 1.29 is 23.9 Å². The van der Waals surface area contributed by atoms with Crippen molar-refractivity contribution in [3.63, 3.8) is 0 Å². The lowest BCUT2D eigenvalue weighted by atomic mass is 9.95. The third-order valence-electron chi connectivity index (χ3n) is 7.48. The van der Waals surface area contributed by atoms with E-state index in [0.29, 0.717) is 45.0 Å². The Morgan fingerprint density at radius 3 is 2.19 bits per heavy atom. The van der Waals surface area contributed by atoms with Gasteiger partial charge in [0.1, 0.15) is 12.9 Å². The van der Waals surface area contributed by atoms with Crippen LogP contribution in [0.5, 0.6) is 0 Å². The monoisotopic (exact) mass is 524 g/mol. The van der Waals surface area contributed by atoms with Crippen molar-refractivity contribution in [2.45, 2.75) is 110 Å². The molecule has 0 amide bonds. The molecule has 1 heterocycles. The fourth-order valence-corrected chi connectivity index (χ4v) is 5.01. The minimum Gasteiger partial charge on any atom is -0.465 e. The van der Waals surface area contributed by atoms with Crippen LogP contribution in [-0.4, -0.2) is 81.0 Å². The van der Waals surface area contributed by atoms with Crippen LogP contribution in [0.2, 0.25) is 0 Å². The number of hydrogen-bond donors (Lipinski definition) is 0. The van der Waals surface area contributed by atoms with Crippen LogP contribution in [0.1, 0.15) is 110 Å². The van der Waals surface area contributed by atoms with Crippen LogP contribution in [0.3, 0.4) is 0 Å². The molecular weight excluding hydrogens is 468 g/mol. The number of rotatable bonds is 24. The molecule has 216 valence electrons. The second kappa shape index (κ2) is 22.5. The highest BCUT2D eigenvalue weighted by Crippen LogP contribution is 2.20. The van der Waals surface area contributed by atoms with E-state index in [9.17, 15) is 14.4 Å². The van der Waals surface area contributed by atoms with Gasteiger partial charge in [-0.3, -0.25) is 14.5 Å². The summed E-state index contributed by atoms with van der Waals surface area (Å²) in [5.41, 5.74) is 0. The van der Waals surface area contributed by atoms with E-state index >= 15 is 0 Å². The Morgan fingerprint density at radius 2 is 1.57 bits per heavy atom. The molecule has 37 heavy (non-hydrogen) atoms. The molecule has 0 aromatic heterocycles. The maximum atomic E-state index is 12.5. The molecule has 0 N–H and O–H groups in total. The van der Waals surface area contributed by atoms with Crippen molar-refractivity contribution >= 4 is 18.2 Å². The van der Waals surface area contributed by atoms with Gasteiger partial charge in [-0.15, -0.1) is 0 Å². The SMILES string of the molecule is CCCCCCCCC(CCCCCC)COC(=O)CCN(CCC=O)CCOC(=O)C1CCN(C)C1. The van der Waals surface area contributed by atoms with Crippen LogP contribution < -0.4 is 0 Å². The first-order valence-corrected chi connectivity index (χ1v) is 15.2. The summed E-state index contributed by atoms with van der Waals surface area (Å²) >= 11 is 0. The molecule has 1 aliphatic heterocycles. The van der Waals surface area contributed by atoms with Crippen LogP contribution >= 0.6 is 0 Å². The zero-order valence-electron chi connectivity index (χ0n) is 24.2. The van der Waals surface area contributed by atoms with E-state index in [-0.39, 0.29) is 24.5 Å². The van der Waals surface area contributed by atoms with Gasteiger partial charge in [0.05, 0.1) is 18.9 Å². The van der Waals surface area contributed by atoms with Crippen molar-refractivity contribution in [3.05, 3.63) is 0 Å². The van der Waals surface area contributed by atoms with E-state index in [2.05, 4.69) is 18.7 Å². The van der Waals surface area contributed by atoms with E-state index < -0.39 is 0 Å². The Hall–Kier alpha value is -1.47. The highest BCUT2D eigenvalue weighted by molar-refractivity contribution is 5.73. The summed E-state index contributed by atoms with van der Waals surface area (Å²) in [5.74, 6) is 0.0832. The Labute approximate surface area is 227 Å². The molecule has 0 bridgehead atoms. The van der Waals surface area contributed by atoms with E-state index in [0.717, 1.165) is 38.6 Å². The van der Waals surface area contributed by atoms with Crippen molar-refractivity contribution in [1.29, 1.82) is 0 Å². The fourth-order valence-electron chi connectivity index (χ4n) is 5.01. The number of hydrogen-bond acceptors (Lipinski definition) is 7. The molecule has 1 fully saturated rings. The third-order valence-corrected chi connectivity index (χ3v) is 7.48. The van der Waals surface area contributed by atoms with Gasteiger partial charge in [0.15, 0.2) is 0 Å². The maximum Gasteiger partial charge on any atom is 0.310 e. The first-order valence-electron chi connectivity index (χ1n) is 15.2. The first kappa shape index (κ1) is 33.6. The van der Waals surface area contributed by atoms with Crippen molar-refractivity contribution in [2.75, 3.05) is 53.0 Å². The van der Waals surface area contributed by atoms with Gasteiger partial charge in [-0.05, 0) is 38.8 Å². The topological polar surface area (TPSA) is 76.1 Å². The van der Waals surface area contributed by atoms with Crippen LogP contribution in [-0.2, 0) is 23.9 Å². The lowest BCUT2D eigenvalue weighted by Crippen LogP contribution is -2.33. The Morgan fingerprint density at radius 1 is 0.919 bits per heavy atom. The summed E-state index contributed by atoms with van der Waals surface area (Å²) in [4.78, 5) is 39.8. The zero-order valence-corrected chi connectivity index (χ0v) is 24.2. The number of aldehydes is 1. The van der Waals surface area contributed by atoms with Crippen LogP contribution in [0.4, 0.5) is 0 Å². The molecule has 1 rings (SSSR count). The number of likely N-dealkylation sites (tertiary alicyclic amines) is 1. The molecule has 0 saturated carbocycles. The number of esters is 2. The molecule has 0 aromatic carbocycles. The predicted molar refractivity (Wildman–Crippen MR) is 150 cm³/mol. The van der Waals surface area contributed by atoms with Gasteiger partial charge in [-0.25, -0.2) is 0 Å². The normalized spacial score (nSPS) is 16.7. The fraction of sp³-hybridized carbons (Fsp3) is 0.900. The molecule has 2 unspecified atom stereocenters. The average molecular weight is 525 g/mol. The smallest absolute Gasteiger partial charge is 0.310 e. The van der Waals surface area contributed by atoms with Gasteiger partial charge >= 0.3 is 11.9 Å². The zero-order chi connectivity index (χ0) is 27.1. The summed E-state index contributed by atoms with van der Waals surface area (Å²) in [6, 6.07) is 0. The quantitative estimate of drug-likeness (QED) is 0.0918. The predicted octanol–water partition coefficient (Wildman–Crippen LogP) is 5.64. The maximum absolute atomic E-state index is 12.5. The number of unbranched alkanes of at least 4 members (excludes halogenated alkanes) is 8. The van der Waals surface area contributed by atoms with E-state index in [4.69, 9.17) is 9.47 Å². The van der Waals surface area contributed by atoms with E-state index in [1.807, 2.05) is 11.9 Å². The number of carbonyl (C=O) groups is 3. The van der Waals surface area contributed by atoms with E-state index in [1.165, 1.54) is 64.2 Å². The molecule has 0 radical (unpaired) electrons. The molecular formula is C30H56N2O5. The Balaban J connectivity index is 2.36. The van der Waals surface area contributed by atoms with Gasteiger partial charge in [0.25, 0.3) is 0 Å². The summed E-state index contributed by atoms with van der Waals surface area (Å²) in [5, 5.41) is 0. The van der Waals surface area contributed by atoms with Gasteiger partial charge in [0, 0.05) is 32.6 Å². The van der Waals surface area contributed by atoms with Crippen LogP contribution in [0.15, 0.2) is 0 Å². The molecule has 2 atom stereocenters. The lowest BCUT2D eigenvalue weighted by Gasteiger charge is -2.22. The van der Waals surface area contributed by atoms with Gasteiger partial charge < -0.3 is 19.2 Å². The van der Waals surface area contributed by atoms with E-state index in [1.54, 1.807) is 0 Å². The van der Waals surface area contributed by atoms with Crippen molar-refractivity contribution in [1.82, 2.24) is 9.80 Å². The van der Waals surface area contributed by atoms with Crippen molar-refractivity contribution in [3.8, 4) is 0 Å². The first-order chi connectivity index (χ1) is 18.0. The van der Waals surface area contributed by atoms with Crippen LogP contribution in [0.25, 0.3) is 0 Å². The second-order valence-electron chi connectivity index (χ2n) is 10.9. The summed E-state index contributed by atoms with van der Waals surface area (Å²) in [6.45, 7) is 8.52. The Bertz CT molecular complexity index is 601. The largest absolute Gasteiger partial charge is 0.465 e. The molecule has 0 aliphatic carbocycles. The second-order valence-corrected chi connectivity index (χ2v) is 10.9. The van der Waals surface area contributed by atoms with Crippen LogP contribution in [0, 0.1) is 11.8 Å². The number of nitrogens with zero attached hydrogens (tertiary/aromatic N) is 2. The summed E-state index contributed by atoms with van der Waals surface area (Å²) < 4.78 is 11.2. The molecule has 7 nitrogen and oxygen atoms in total. The lowest BCUT2D eigenvalue weighted by molar-refractivity contribution is -0.149. The highest BCUT2D eigenvalue weighted by atomic mass is 16.5. The molecule has 1 saturated heterocycles. The molecule has 0 spiro atoms. The highest BCUT2D eigenvalue weighted by Gasteiger charge is 2.27. The summed E-state index contributed by atoms with van der Waals surface area (Å²) in [6.07, 6.45) is 17.4. The minimum atomic E-state index is -0.177. The van der Waals surface area contributed by atoms with Gasteiger partial charge in [0.2, 0.25) is 0 Å². The molecule has 7 heteroatoms. The summed E-state index contributed by atoms with van der Waals surface area (Å²) in [7, 11) is 2.01. The standard InChI is InChI=1S/C30H56N2O5/c1-4-6-8-10-11-13-16-27(15-12-9-7-5-2)26-37-29(34)18-21-32(19-14-23-33)22-24-36-30(35)28-17-20-31(3)25-28/h23,27-28H,4-22,24-26H2,1-3H3. The van der Waals surface area contributed by atoms with Gasteiger partial charge in [-0.1, -0.05) is 78.1 Å². The molecule has 0 aromatic rings. The third kappa shape index (κ3) is 17.6. The molecule has 1 aliphatic rings. The minimum absolute atomic E-state index is 0.0466. The average Bonchev–Trinajstić information content (AvgIpc) is 3.34. The van der Waals surface area contributed by atoms with Crippen molar-refractivity contribution in [2.24, 2.45) is 11.8 Å².